The molecule has 0 unspecified atom stereocenters. The predicted molar refractivity (Wildman–Crippen MR) is 300 cm³/mol. The van der Waals surface area contributed by atoms with Crippen molar-refractivity contribution in [1.29, 1.82) is 0 Å². The van der Waals surface area contributed by atoms with E-state index in [1.165, 1.54) is 22.3 Å². The van der Waals surface area contributed by atoms with Crippen molar-refractivity contribution in [2.24, 2.45) is 0 Å². The molecule has 7 atom stereocenters. The van der Waals surface area contributed by atoms with Crippen molar-refractivity contribution in [3.63, 3.8) is 0 Å². The summed E-state index contributed by atoms with van der Waals surface area (Å²) in [5.41, 5.74) is 4.78. The molecule has 0 heterocycles. The van der Waals surface area contributed by atoms with Crippen LogP contribution in [-0.2, 0) is 14.2 Å². The van der Waals surface area contributed by atoms with Gasteiger partial charge in [0.05, 0.1) is 12.1 Å². The highest BCUT2D eigenvalue weighted by Gasteiger charge is 2.35. The second-order valence-electron chi connectivity index (χ2n) is 22.8. The Morgan fingerprint density at radius 3 is 1.35 bits per heavy atom. The first-order chi connectivity index (χ1) is 33.5. The topological polar surface area (TPSA) is 125 Å². The van der Waals surface area contributed by atoms with E-state index in [1.54, 1.807) is 0 Å². The van der Waals surface area contributed by atoms with Crippen molar-refractivity contribution in [2.45, 2.75) is 166 Å². The molecule has 3 aliphatic carbocycles. The molecule has 3 amide bonds. The van der Waals surface area contributed by atoms with Crippen molar-refractivity contribution in [3.05, 3.63) is 116 Å². The minimum atomic E-state index is -0.492. The molecule has 72 heavy (non-hydrogen) atoms. The Kier molecular flexibility index (Phi) is 22.6. The number of hydrogen-bond acceptors (Lipinski definition) is 9. The van der Waals surface area contributed by atoms with Gasteiger partial charge in [0.1, 0.15) is 16.8 Å². The lowest BCUT2D eigenvalue weighted by Crippen LogP contribution is -2.53. The van der Waals surface area contributed by atoms with E-state index in [-0.39, 0.29) is 54.5 Å². The lowest BCUT2D eigenvalue weighted by atomic mass is 9.78. The highest BCUT2D eigenvalue weighted by molar-refractivity contribution is 9.10. The average molecular weight is 1100 g/mol. The Hall–Kier alpha value is -4.11. The van der Waals surface area contributed by atoms with Gasteiger partial charge >= 0.3 is 18.3 Å². The normalized spacial score (nSPS) is 22.5. The van der Waals surface area contributed by atoms with Gasteiger partial charge in [-0.2, -0.15) is 0 Å². The van der Waals surface area contributed by atoms with Crippen molar-refractivity contribution in [1.82, 2.24) is 30.7 Å². The molecule has 398 valence electrons. The van der Waals surface area contributed by atoms with Crippen LogP contribution in [0.3, 0.4) is 0 Å². The number of hydrogen-bond donors (Lipinski definition) is 3. The second kappa shape index (κ2) is 26.9. The van der Waals surface area contributed by atoms with Gasteiger partial charge in [0.25, 0.3) is 0 Å². The van der Waals surface area contributed by atoms with Crippen LogP contribution in [0.15, 0.2) is 89.4 Å². The van der Waals surface area contributed by atoms with E-state index >= 15 is 0 Å². The van der Waals surface area contributed by atoms with Gasteiger partial charge in [-0.05, 0) is 220 Å². The van der Waals surface area contributed by atoms with E-state index < -0.39 is 16.8 Å². The third kappa shape index (κ3) is 20.7. The molecule has 0 saturated heterocycles. The molecule has 6 rings (SSSR count). The van der Waals surface area contributed by atoms with Crippen LogP contribution in [0.5, 0.6) is 0 Å². The fourth-order valence-electron chi connectivity index (χ4n) is 9.32. The number of carbonyl (C=O) groups excluding carboxylic acids is 3. The first-order valence-electron chi connectivity index (χ1n) is 25.1. The molecule has 1 fully saturated rings. The van der Waals surface area contributed by atoms with Crippen molar-refractivity contribution in [3.8, 4) is 0 Å². The molecule has 0 aromatic heterocycles. The van der Waals surface area contributed by atoms with Gasteiger partial charge < -0.3 is 44.9 Å². The van der Waals surface area contributed by atoms with Crippen LogP contribution in [0.1, 0.15) is 130 Å². The number of alkyl carbamates (subject to hydrolysis) is 3. The molecule has 15 heteroatoms. The number of likely N-dealkylation sites (N-methyl/N-ethyl adjacent to an activating group) is 3. The van der Waals surface area contributed by atoms with Gasteiger partial charge in [0, 0.05) is 38.7 Å². The summed E-state index contributed by atoms with van der Waals surface area (Å²) in [7, 11) is 12.3. The van der Waals surface area contributed by atoms with E-state index in [4.69, 9.17) is 37.4 Å². The molecule has 3 aromatic rings. The highest BCUT2D eigenvalue weighted by Crippen LogP contribution is 2.36. The average Bonchev–Trinajstić information content (AvgIpc) is 3.25. The molecule has 1 saturated carbocycles. The van der Waals surface area contributed by atoms with Gasteiger partial charge in [-0.3, -0.25) is 0 Å². The van der Waals surface area contributed by atoms with Crippen LogP contribution in [0.4, 0.5) is 14.4 Å². The monoisotopic (exact) mass is 1100 g/mol. The van der Waals surface area contributed by atoms with Crippen LogP contribution in [0, 0.1) is 0 Å². The van der Waals surface area contributed by atoms with Crippen LogP contribution in [-0.4, -0.2) is 128 Å². The Balaban J connectivity index is 0.000000234. The maximum absolute atomic E-state index is 12.1. The summed E-state index contributed by atoms with van der Waals surface area (Å²) in [4.78, 5) is 42.9. The summed E-state index contributed by atoms with van der Waals surface area (Å²) in [5.74, 6) is 0.466. The van der Waals surface area contributed by atoms with Crippen LogP contribution >= 0.6 is 39.1 Å². The fraction of sp³-hybridized carbons (Fsp3) is 0.561. The third-order valence-corrected chi connectivity index (χ3v) is 13.6. The number of amides is 3. The summed E-state index contributed by atoms with van der Waals surface area (Å²) < 4.78 is 17.3. The van der Waals surface area contributed by atoms with E-state index in [9.17, 15) is 14.4 Å². The standard InChI is InChI=1S/C19H27BrN2O2.C19H29ClN2O2.C19H27ClN2O2/c3*1-19(2,3)24-18(23)21-16-10-9-14(12-17(16)22(4)5)13-7-6-8-15(20)11-13/h6-9,11,16-17H,10,12H2,1-5H3,(H,21,23);6-8,11,14,16-17H,9-10,12H2,1-5H3,(H,21,23);6-9,11,16-17H,10,12H2,1-5H3,(H,21,23)/t16-,17-;14-,16-,17-;16-,17-/m000/s1. The number of nitrogens with zero attached hydrogens (tertiary/aromatic N) is 3. The first-order valence-corrected chi connectivity index (χ1v) is 26.6. The minimum absolute atomic E-state index is 0.0257. The summed E-state index contributed by atoms with van der Waals surface area (Å²) in [6, 6.07) is 25.3. The van der Waals surface area contributed by atoms with E-state index in [2.05, 4.69) is 123 Å². The molecule has 3 aliphatic rings. The quantitative estimate of drug-likeness (QED) is 0.180. The minimum Gasteiger partial charge on any atom is -0.444 e. The SMILES string of the molecule is CN(C)[C@H]1CC(c2cccc(Br)c2)=CC[C@@H]1NC(=O)OC(C)(C)C.CN(C)[C@H]1CC(c2cccc(Cl)c2)=CC[C@@H]1NC(=O)OC(C)(C)C.CN(C)[C@H]1C[C@@H](c2cccc(Cl)c2)CC[C@@H]1NC(=O)OC(C)(C)C. The number of halogens is 3. The lowest BCUT2D eigenvalue weighted by molar-refractivity contribution is 0.0439. The number of nitrogens with one attached hydrogen (secondary N) is 3. The van der Waals surface area contributed by atoms with E-state index in [0.717, 1.165) is 65.0 Å². The van der Waals surface area contributed by atoms with Crippen LogP contribution in [0.2, 0.25) is 10.0 Å². The molecule has 0 spiro atoms. The Labute approximate surface area is 450 Å². The predicted octanol–water partition coefficient (Wildman–Crippen LogP) is 13.2. The molecule has 0 bridgehead atoms. The second-order valence-corrected chi connectivity index (χ2v) is 24.6. The zero-order chi connectivity index (χ0) is 53.7. The summed E-state index contributed by atoms with van der Waals surface area (Å²) >= 11 is 15.8. The van der Waals surface area contributed by atoms with Gasteiger partial charge in [-0.1, -0.05) is 87.7 Å². The van der Waals surface area contributed by atoms with E-state index in [1.807, 2.05) is 113 Å². The molecule has 3 N–H and O–H groups in total. The summed E-state index contributed by atoms with van der Waals surface area (Å²) in [6.07, 6.45) is 9.64. The summed E-state index contributed by atoms with van der Waals surface area (Å²) in [5, 5.41) is 10.6. The maximum Gasteiger partial charge on any atom is 0.407 e. The van der Waals surface area contributed by atoms with Gasteiger partial charge in [0.2, 0.25) is 0 Å². The molecule has 0 aliphatic heterocycles. The van der Waals surface area contributed by atoms with E-state index in [0.29, 0.717) is 5.92 Å². The Morgan fingerprint density at radius 1 is 0.542 bits per heavy atom. The van der Waals surface area contributed by atoms with Crippen molar-refractivity contribution in [2.75, 3.05) is 42.3 Å². The van der Waals surface area contributed by atoms with Crippen molar-refractivity contribution >= 4 is 68.6 Å². The highest BCUT2D eigenvalue weighted by atomic mass is 79.9. The zero-order valence-electron chi connectivity index (χ0n) is 45.5. The Morgan fingerprint density at radius 2 is 0.944 bits per heavy atom. The molecular weight excluding hydrogens is 1020 g/mol. The van der Waals surface area contributed by atoms with Crippen LogP contribution in [0.25, 0.3) is 11.1 Å². The van der Waals surface area contributed by atoms with Crippen molar-refractivity contribution < 1.29 is 28.6 Å². The number of carbonyl (C=O) groups is 3. The number of ether oxygens (including phenoxy) is 3. The maximum atomic E-state index is 12.1. The summed E-state index contributed by atoms with van der Waals surface area (Å²) in [6.45, 7) is 16.9. The van der Waals surface area contributed by atoms with Crippen LogP contribution < -0.4 is 16.0 Å². The molecule has 3 aromatic carbocycles. The third-order valence-electron chi connectivity index (χ3n) is 12.6. The Bertz CT molecular complexity index is 2210. The van der Waals surface area contributed by atoms with Gasteiger partial charge in [-0.25, -0.2) is 14.4 Å². The van der Waals surface area contributed by atoms with Gasteiger partial charge in [0.15, 0.2) is 0 Å². The molecule has 12 nitrogen and oxygen atoms in total. The number of benzene rings is 3. The first kappa shape index (κ1) is 60.4. The number of rotatable bonds is 9. The largest absolute Gasteiger partial charge is 0.444 e. The van der Waals surface area contributed by atoms with Gasteiger partial charge in [-0.15, -0.1) is 0 Å². The fourth-order valence-corrected chi connectivity index (χ4v) is 10.1. The lowest BCUT2D eigenvalue weighted by Gasteiger charge is -2.40. The molecule has 0 radical (unpaired) electrons. The zero-order valence-corrected chi connectivity index (χ0v) is 48.6. The smallest absolute Gasteiger partial charge is 0.407 e. The molecular formula is C57H83BrCl2N6O6.